The zero-order valence-corrected chi connectivity index (χ0v) is 15.2. The third kappa shape index (κ3) is 3.11. The minimum Gasteiger partial charge on any atom is -0.338 e. The first-order valence-electron chi connectivity index (χ1n) is 8.85. The predicted molar refractivity (Wildman–Crippen MR) is 99.6 cm³/mol. The van der Waals surface area contributed by atoms with Crippen LogP contribution >= 0.6 is 11.6 Å². The van der Waals surface area contributed by atoms with Gasteiger partial charge in [-0.25, -0.2) is 4.68 Å². The maximum atomic E-state index is 13.0. The fraction of sp³-hybridized carbons (Fsp3) is 0.400. The topological polar surface area (TPSA) is 38.1 Å². The second-order valence-corrected chi connectivity index (χ2v) is 7.51. The van der Waals surface area contributed by atoms with Crippen molar-refractivity contribution in [2.75, 3.05) is 13.1 Å². The zero-order valence-electron chi connectivity index (χ0n) is 14.5. The lowest BCUT2D eigenvalue weighted by Gasteiger charge is -2.28. The summed E-state index contributed by atoms with van der Waals surface area (Å²) in [5.41, 5.74) is 4.97. The molecule has 5 heteroatoms. The Morgan fingerprint density at radius 2 is 2.00 bits per heavy atom. The van der Waals surface area contributed by atoms with E-state index in [1.165, 1.54) is 5.57 Å². The highest BCUT2D eigenvalue weighted by Gasteiger charge is 2.34. The number of hydrogen-bond acceptors (Lipinski definition) is 2. The van der Waals surface area contributed by atoms with Crippen molar-refractivity contribution in [2.24, 2.45) is 0 Å². The molecule has 1 saturated heterocycles. The molecule has 25 heavy (non-hydrogen) atoms. The van der Waals surface area contributed by atoms with Crippen molar-refractivity contribution in [2.45, 2.75) is 38.5 Å². The number of likely N-dealkylation sites (tertiary alicyclic amines) is 1. The lowest BCUT2D eigenvalue weighted by molar-refractivity contribution is 0.0742. The predicted octanol–water partition coefficient (Wildman–Crippen LogP) is 4.50. The lowest BCUT2D eigenvalue weighted by atomic mass is 10.0. The molecular formula is C20H22ClN3O. The van der Waals surface area contributed by atoms with Gasteiger partial charge in [0.2, 0.25) is 0 Å². The van der Waals surface area contributed by atoms with Gasteiger partial charge in [-0.1, -0.05) is 29.8 Å². The first kappa shape index (κ1) is 16.4. The summed E-state index contributed by atoms with van der Waals surface area (Å²) in [7, 11) is 0. The Morgan fingerprint density at radius 1 is 1.28 bits per heavy atom. The monoisotopic (exact) mass is 355 g/mol. The molecular weight excluding hydrogens is 334 g/mol. The van der Waals surface area contributed by atoms with E-state index in [0.29, 0.717) is 5.92 Å². The van der Waals surface area contributed by atoms with Crippen LogP contribution in [0.4, 0.5) is 0 Å². The van der Waals surface area contributed by atoms with Gasteiger partial charge in [-0.15, -0.1) is 0 Å². The van der Waals surface area contributed by atoms with E-state index in [1.807, 2.05) is 34.7 Å². The molecule has 0 radical (unpaired) electrons. The van der Waals surface area contributed by atoms with Crippen LogP contribution in [-0.2, 0) is 0 Å². The summed E-state index contributed by atoms with van der Waals surface area (Å²) in [4.78, 5) is 15.0. The summed E-state index contributed by atoms with van der Waals surface area (Å²) < 4.78 is 1.90. The molecule has 0 N–H and O–H groups in total. The van der Waals surface area contributed by atoms with Gasteiger partial charge in [-0.3, -0.25) is 4.79 Å². The first-order chi connectivity index (χ1) is 12.0. The van der Waals surface area contributed by atoms with Crippen molar-refractivity contribution < 1.29 is 4.79 Å². The van der Waals surface area contributed by atoms with Crippen molar-refractivity contribution in [1.82, 2.24) is 14.7 Å². The first-order valence-corrected chi connectivity index (χ1v) is 9.23. The van der Waals surface area contributed by atoms with E-state index in [-0.39, 0.29) is 5.91 Å². The molecule has 1 saturated carbocycles. The molecule has 1 aromatic heterocycles. The van der Waals surface area contributed by atoms with Crippen LogP contribution in [0.2, 0.25) is 5.02 Å². The Balaban J connectivity index is 1.70. The van der Waals surface area contributed by atoms with Gasteiger partial charge in [-0.2, -0.15) is 5.10 Å². The SMILES string of the molecule is C=C1CCN(C(=O)c2cnn(-c3ccc(C)c(Cl)c3)c2C2CC2)CC1. The summed E-state index contributed by atoms with van der Waals surface area (Å²) in [6.45, 7) is 7.52. The van der Waals surface area contributed by atoms with Gasteiger partial charge in [0.05, 0.1) is 23.1 Å². The Bertz CT molecular complexity index is 841. The number of hydrogen-bond donors (Lipinski definition) is 0. The third-order valence-electron chi connectivity index (χ3n) is 5.16. The highest BCUT2D eigenvalue weighted by atomic mass is 35.5. The number of nitrogens with zero attached hydrogens (tertiary/aromatic N) is 3. The average molecular weight is 356 g/mol. The summed E-state index contributed by atoms with van der Waals surface area (Å²) in [6.07, 6.45) is 5.75. The van der Waals surface area contributed by atoms with E-state index in [0.717, 1.165) is 66.3 Å². The molecule has 0 atom stereocenters. The largest absolute Gasteiger partial charge is 0.338 e. The zero-order chi connectivity index (χ0) is 17.6. The van der Waals surface area contributed by atoms with Gasteiger partial charge in [0.25, 0.3) is 5.91 Å². The van der Waals surface area contributed by atoms with E-state index in [1.54, 1.807) is 6.20 Å². The summed E-state index contributed by atoms with van der Waals surface area (Å²) >= 11 is 6.29. The number of carbonyl (C=O) groups excluding carboxylic acids is 1. The van der Waals surface area contributed by atoms with Crippen molar-refractivity contribution in [1.29, 1.82) is 0 Å². The average Bonchev–Trinajstić information content (AvgIpc) is 3.35. The minimum absolute atomic E-state index is 0.0962. The van der Waals surface area contributed by atoms with Gasteiger partial charge in [-0.05, 0) is 50.3 Å². The Labute approximate surface area is 153 Å². The summed E-state index contributed by atoms with van der Waals surface area (Å²) in [5.74, 6) is 0.514. The lowest BCUT2D eigenvalue weighted by Crippen LogP contribution is -2.36. The molecule has 2 aromatic rings. The Morgan fingerprint density at radius 3 is 2.64 bits per heavy atom. The van der Waals surface area contributed by atoms with Crippen LogP contribution in [0.3, 0.4) is 0 Å². The molecule has 0 unspecified atom stereocenters. The van der Waals surface area contributed by atoms with Crippen molar-refractivity contribution >= 4 is 17.5 Å². The second-order valence-electron chi connectivity index (χ2n) is 7.11. The van der Waals surface area contributed by atoms with E-state index in [2.05, 4.69) is 11.7 Å². The number of halogens is 1. The Hall–Kier alpha value is -2.07. The van der Waals surface area contributed by atoms with Gasteiger partial charge in [0.1, 0.15) is 0 Å². The standard InChI is InChI=1S/C20H22ClN3O/c1-13-7-9-23(10-8-13)20(25)17-12-22-24(19(17)15-4-5-15)16-6-3-14(2)18(21)11-16/h3,6,11-12,15H,1,4-5,7-10H2,2H3. The van der Waals surface area contributed by atoms with Crippen LogP contribution in [-0.4, -0.2) is 33.7 Å². The number of aryl methyl sites for hydroxylation is 1. The van der Waals surface area contributed by atoms with Gasteiger partial charge >= 0.3 is 0 Å². The van der Waals surface area contributed by atoms with Crippen LogP contribution < -0.4 is 0 Å². The molecule has 1 aliphatic carbocycles. The van der Waals surface area contributed by atoms with Crippen LogP contribution in [0.25, 0.3) is 5.69 Å². The molecule has 2 aliphatic rings. The third-order valence-corrected chi connectivity index (χ3v) is 5.57. The van der Waals surface area contributed by atoms with E-state index in [4.69, 9.17) is 11.6 Å². The van der Waals surface area contributed by atoms with Crippen molar-refractivity contribution in [3.63, 3.8) is 0 Å². The summed E-state index contributed by atoms with van der Waals surface area (Å²) in [6, 6.07) is 5.93. The van der Waals surface area contributed by atoms with E-state index >= 15 is 0 Å². The normalized spacial score (nSPS) is 17.8. The number of amides is 1. The molecule has 1 aromatic carbocycles. The molecule has 0 spiro atoms. The van der Waals surface area contributed by atoms with Crippen LogP contribution in [0, 0.1) is 6.92 Å². The maximum absolute atomic E-state index is 13.0. The fourth-order valence-electron chi connectivity index (χ4n) is 3.39. The van der Waals surface area contributed by atoms with Crippen molar-refractivity contribution in [3.8, 4) is 5.69 Å². The summed E-state index contributed by atoms with van der Waals surface area (Å²) in [5, 5.41) is 5.26. The number of carbonyl (C=O) groups is 1. The molecule has 4 nitrogen and oxygen atoms in total. The highest BCUT2D eigenvalue weighted by Crippen LogP contribution is 2.43. The Kier molecular flexibility index (Phi) is 4.16. The molecule has 2 fully saturated rings. The number of benzene rings is 1. The van der Waals surface area contributed by atoms with Crippen LogP contribution in [0.15, 0.2) is 36.5 Å². The fourth-order valence-corrected chi connectivity index (χ4v) is 3.56. The molecule has 130 valence electrons. The quantitative estimate of drug-likeness (QED) is 0.760. The second kappa shape index (κ2) is 6.34. The number of piperidine rings is 1. The van der Waals surface area contributed by atoms with Gasteiger partial charge < -0.3 is 4.90 Å². The van der Waals surface area contributed by atoms with E-state index in [9.17, 15) is 4.79 Å². The van der Waals surface area contributed by atoms with Crippen molar-refractivity contribution in [3.05, 3.63) is 58.4 Å². The number of aromatic nitrogens is 2. The van der Waals surface area contributed by atoms with Gasteiger partial charge in [0.15, 0.2) is 0 Å². The van der Waals surface area contributed by atoms with Crippen LogP contribution in [0.1, 0.15) is 53.2 Å². The molecule has 0 bridgehead atoms. The molecule has 4 rings (SSSR count). The minimum atomic E-state index is 0.0962. The van der Waals surface area contributed by atoms with Gasteiger partial charge in [0, 0.05) is 24.0 Å². The number of rotatable bonds is 3. The van der Waals surface area contributed by atoms with Crippen LogP contribution in [0.5, 0.6) is 0 Å². The molecule has 2 heterocycles. The van der Waals surface area contributed by atoms with E-state index < -0.39 is 0 Å². The maximum Gasteiger partial charge on any atom is 0.257 e. The molecule has 1 aliphatic heterocycles. The smallest absolute Gasteiger partial charge is 0.257 e. The highest BCUT2D eigenvalue weighted by molar-refractivity contribution is 6.31. The molecule has 1 amide bonds.